The van der Waals surface area contributed by atoms with Gasteiger partial charge in [-0.15, -0.1) is 0 Å². The van der Waals surface area contributed by atoms with Crippen molar-refractivity contribution < 1.29 is 23.2 Å². The molecule has 1 amide bonds. The molecule has 0 atom stereocenters. The first kappa shape index (κ1) is 20.1. The molecule has 8 heteroatoms. The van der Waals surface area contributed by atoms with Crippen LogP contribution in [0, 0.1) is 0 Å². The lowest BCUT2D eigenvalue weighted by Crippen LogP contribution is -2.38. The van der Waals surface area contributed by atoms with Crippen molar-refractivity contribution in [2.75, 3.05) is 27.3 Å². The van der Waals surface area contributed by atoms with Crippen molar-refractivity contribution in [1.29, 1.82) is 0 Å². The number of rotatable bonds is 5. The van der Waals surface area contributed by atoms with Crippen molar-refractivity contribution in [3.05, 3.63) is 60.1 Å². The molecule has 0 radical (unpaired) electrons. The molecule has 164 valence electrons. The van der Waals surface area contributed by atoms with Gasteiger partial charge >= 0.3 is 0 Å². The minimum absolute atomic E-state index is 0.155. The quantitative estimate of drug-likeness (QED) is 0.457. The topological polar surface area (TPSA) is 90.8 Å². The lowest BCUT2D eigenvalue weighted by atomic mass is 9.96. The van der Waals surface area contributed by atoms with Crippen LogP contribution in [0.25, 0.3) is 22.4 Å². The average Bonchev–Trinajstić information content (AvgIpc) is 3.51. The Morgan fingerprint density at radius 1 is 1.06 bits per heavy atom. The van der Waals surface area contributed by atoms with Gasteiger partial charge < -0.3 is 23.3 Å². The van der Waals surface area contributed by atoms with Crippen molar-refractivity contribution in [2.24, 2.45) is 0 Å². The molecule has 0 saturated carbocycles. The lowest BCUT2D eigenvalue weighted by molar-refractivity contribution is 0.0696. The summed E-state index contributed by atoms with van der Waals surface area (Å²) < 4.78 is 22.1. The third-order valence-corrected chi connectivity index (χ3v) is 5.84. The molecule has 1 aliphatic heterocycles. The maximum absolute atomic E-state index is 13.0. The van der Waals surface area contributed by atoms with Gasteiger partial charge in [-0.2, -0.15) is 0 Å². The Kier molecular flexibility index (Phi) is 5.26. The third-order valence-electron chi connectivity index (χ3n) is 5.84. The maximum atomic E-state index is 13.0. The van der Waals surface area contributed by atoms with Crippen LogP contribution in [-0.2, 0) is 0 Å². The molecule has 1 fully saturated rings. The van der Waals surface area contributed by atoms with Gasteiger partial charge in [-0.1, -0.05) is 17.3 Å². The molecular formula is C24H23N3O5. The zero-order valence-corrected chi connectivity index (χ0v) is 17.9. The zero-order chi connectivity index (χ0) is 22.1. The van der Waals surface area contributed by atoms with Gasteiger partial charge in [0.25, 0.3) is 5.91 Å². The Balaban J connectivity index is 1.29. The number of piperidine rings is 1. The number of benzene rings is 2. The summed E-state index contributed by atoms with van der Waals surface area (Å²) in [6.07, 6.45) is 1.57. The predicted molar refractivity (Wildman–Crippen MR) is 117 cm³/mol. The molecular weight excluding hydrogens is 410 g/mol. The summed E-state index contributed by atoms with van der Waals surface area (Å²) in [6.45, 7) is 1.21. The van der Waals surface area contributed by atoms with E-state index >= 15 is 0 Å². The fourth-order valence-corrected chi connectivity index (χ4v) is 4.07. The number of aromatic nitrogens is 2. The first-order valence-corrected chi connectivity index (χ1v) is 10.5. The Bertz CT molecular complexity index is 1220. The van der Waals surface area contributed by atoms with E-state index in [1.54, 1.807) is 43.4 Å². The van der Waals surface area contributed by atoms with Crippen molar-refractivity contribution >= 4 is 17.0 Å². The van der Waals surface area contributed by atoms with E-state index in [1.165, 1.54) is 0 Å². The molecule has 1 saturated heterocycles. The molecule has 4 aromatic rings. The highest BCUT2D eigenvalue weighted by Crippen LogP contribution is 2.34. The number of fused-ring (bicyclic) bond motifs is 1. The van der Waals surface area contributed by atoms with E-state index in [9.17, 15) is 4.79 Å². The van der Waals surface area contributed by atoms with E-state index in [4.69, 9.17) is 18.4 Å². The first-order chi connectivity index (χ1) is 15.7. The SMILES string of the molecule is COc1ccc(OC)c(-c2cc(C(=O)N3CCC(c4nc5ccccc5o4)CC3)no2)c1. The van der Waals surface area contributed by atoms with Gasteiger partial charge in [0.05, 0.1) is 19.8 Å². The van der Waals surface area contributed by atoms with E-state index in [1.807, 2.05) is 24.3 Å². The van der Waals surface area contributed by atoms with Gasteiger partial charge in [0.1, 0.15) is 17.0 Å². The maximum Gasteiger partial charge on any atom is 0.276 e. The van der Waals surface area contributed by atoms with Crippen LogP contribution in [0.4, 0.5) is 0 Å². The number of nitrogens with zero attached hydrogens (tertiary/aromatic N) is 3. The van der Waals surface area contributed by atoms with Crippen LogP contribution in [0.2, 0.25) is 0 Å². The van der Waals surface area contributed by atoms with E-state index in [2.05, 4.69) is 10.1 Å². The summed E-state index contributed by atoms with van der Waals surface area (Å²) in [5.41, 5.74) is 2.60. The molecule has 0 N–H and O–H groups in total. The minimum atomic E-state index is -0.155. The number of likely N-dealkylation sites (tertiary alicyclic amines) is 1. The molecule has 3 heterocycles. The fourth-order valence-electron chi connectivity index (χ4n) is 4.07. The van der Waals surface area contributed by atoms with Gasteiger partial charge in [0, 0.05) is 25.1 Å². The smallest absolute Gasteiger partial charge is 0.276 e. The first-order valence-electron chi connectivity index (χ1n) is 10.5. The lowest BCUT2D eigenvalue weighted by Gasteiger charge is -2.29. The summed E-state index contributed by atoms with van der Waals surface area (Å²) in [4.78, 5) is 19.4. The van der Waals surface area contributed by atoms with E-state index in [0.29, 0.717) is 35.9 Å². The molecule has 0 spiro atoms. The van der Waals surface area contributed by atoms with Gasteiger partial charge in [0.15, 0.2) is 22.9 Å². The fraction of sp³-hybridized carbons (Fsp3) is 0.292. The third kappa shape index (κ3) is 3.68. The number of hydrogen-bond acceptors (Lipinski definition) is 7. The Hall–Kier alpha value is -3.81. The molecule has 2 aromatic carbocycles. The number of para-hydroxylation sites is 2. The molecule has 0 unspecified atom stereocenters. The van der Waals surface area contributed by atoms with Crippen molar-refractivity contribution in [2.45, 2.75) is 18.8 Å². The van der Waals surface area contributed by atoms with Crippen LogP contribution < -0.4 is 9.47 Å². The van der Waals surface area contributed by atoms with E-state index < -0.39 is 0 Å². The van der Waals surface area contributed by atoms with Gasteiger partial charge in [0.2, 0.25) is 0 Å². The second-order valence-electron chi connectivity index (χ2n) is 7.73. The highest BCUT2D eigenvalue weighted by molar-refractivity contribution is 5.93. The number of carbonyl (C=O) groups excluding carboxylic acids is 1. The van der Waals surface area contributed by atoms with Crippen molar-refractivity contribution in [3.63, 3.8) is 0 Å². The number of hydrogen-bond donors (Lipinski definition) is 0. The van der Waals surface area contributed by atoms with E-state index in [0.717, 1.165) is 29.8 Å². The summed E-state index contributed by atoms with van der Waals surface area (Å²) in [6, 6.07) is 14.8. The van der Waals surface area contributed by atoms with Crippen LogP contribution in [-0.4, -0.2) is 48.3 Å². The molecule has 1 aliphatic rings. The van der Waals surface area contributed by atoms with E-state index in [-0.39, 0.29) is 17.5 Å². The molecule has 2 aromatic heterocycles. The highest BCUT2D eigenvalue weighted by atomic mass is 16.5. The normalized spacial score (nSPS) is 14.6. The average molecular weight is 433 g/mol. The molecule has 5 rings (SSSR count). The summed E-state index contributed by atoms with van der Waals surface area (Å²) >= 11 is 0. The number of amides is 1. The molecule has 8 nitrogen and oxygen atoms in total. The summed E-state index contributed by atoms with van der Waals surface area (Å²) in [5, 5.41) is 4.01. The summed E-state index contributed by atoms with van der Waals surface area (Å²) in [7, 11) is 3.17. The Morgan fingerprint density at radius 2 is 1.88 bits per heavy atom. The Morgan fingerprint density at radius 3 is 2.62 bits per heavy atom. The number of ether oxygens (including phenoxy) is 2. The van der Waals surface area contributed by atoms with Gasteiger partial charge in [-0.05, 0) is 43.2 Å². The predicted octanol–water partition coefficient (Wildman–Crippen LogP) is 4.52. The van der Waals surface area contributed by atoms with Crippen molar-refractivity contribution in [1.82, 2.24) is 15.0 Å². The minimum Gasteiger partial charge on any atom is -0.497 e. The van der Waals surface area contributed by atoms with Gasteiger partial charge in [-0.3, -0.25) is 4.79 Å². The largest absolute Gasteiger partial charge is 0.497 e. The molecule has 0 bridgehead atoms. The van der Waals surface area contributed by atoms with Crippen LogP contribution >= 0.6 is 0 Å². The highest BCUT2D eigenvalue weighted by Gasteiger charge is 2.29. The molecule has 0 aliphatic carbocycles. The van der Waals surface area contributed by atoms with Crippen LogP contribution in [0.5, 0.6) is 11.5 Å². The van der Waals surface area contributed by atoms with Crippen LogP contribution in [0.15, 0.2) is 57.5 Å². The molecule has 32 heavy (non-hydrogen) atoms. The second kappa shape index (κ2) is 8.37. The monoisotopic (exact) mass is 433 g/mol. The standard InChI is InChI=1S/C24H23N3O5/c1-29-16-7-8-20(30-2)17(13-16)22-14-19(26-32-22)24(28)27-11-9-15(10-12-27)23-25-18-5-3-4-6-21(18)31-23/h3-8,13-15H,9-12H2,1-2H3. The number of oxazole rings is 1. The Labute approximate surface area is 184 Å². The van der Waals surface area contributed by atoms with Crippen LogP contribution in [0.1, 0.15) is 35.1 Å². The number of methoxy groups -OCH3 is 2. The summed E-state index contributed by atoms with van der Waals surface area (Å²) in [5.74, 6) is 2.50. The van der Waals surface area contributed by atoms with Crippen molar-refractivity contribution in [3.8, 4) is 22.8 Å². The second-order valence-corrected chi connectivity index (χ2v) is 7.73. The zero-order valence-electron chi connectivity index (χ0n) is 17.9. The van der Waals surface area contributed by atoms with Crippen LogP contribution in [0.3, 0.4) is 0 Å². The number of carbonyl (C=O) groups is 1. The van der Waals surface area contributed by atoms with Gasteiger partial charge in [-0.25, -0.2) is 4.98 Å².